The number of rotatable bonds is 3. The minimum absolute atomic E-state index is 0.0578. The van der Waals surface area contributed by atoms with Gasteiger partial charge in [0.05, 0.1) is 0 Å². The van der Waals surface area contributed by atoms with Crippen LogP contribution in [-0.2, 0) is 4.79 Å². The Morgan fingerprint density at radius 2 is 1.58 bits per heavy atom. The smallest absolute Gasteiger partial charge is 0.254 e. The van der Waals surface area contributed by atoms with E-state index in [1.807, 2.05) is 66.1 Å². The van der Waals surface area contributed by atoms with Crippen molar-refractivity contribution in [1.82, 2.24) is 9.80 Å². The van der Waals surface area contributed by atoms with Crippen LogP contribution < -0.4 is 0 Å². The maximum Gasteiger partial charge on any atom is 0.254 e. The van der Waals surface area contributed by atoms with Crippen LogP contribution in [0.5, 0.6) is 0 Å². The molecule has 1 aliphatic heterocycles. The Balaban J connectivity index is 1.72. The Kier molecular flexibility index (Phi) is 4.84. The predicted molar refractivity (Wildman–Crippen MR) is 95.9 cm³/mol. The van der Waals surface area contributed by atoms with Crippen LogP contribution >= 0.6 is 0 Å². The lowest BCUT2D eigenvalue weighted by Gasteiger charge is -2.36. The first-order valence-corrected chi connectivity index (χ1v) is 8.67. The molecule has 2 amide bonds. The van der Waals surface area contributed by atoms with E-state index in [-0.39, 0.29) is 17.7 Å². The molecular formula is C20H24N2O2. The second kappa shape index (κ2) is 7.04. The first-order valence-electron chi connectivity index (χ1n) is 8.67. The lowest BCUT2D eigenvalue weighted by Crippen LogP contribution is -2.51. The molecule has 0 aliphatic carbocycles. The van der Waals surface area contributed by atoms with E-state index in [0.717, 1.165) is 22.8 Å². The maximum atomic E-state index is 12.9. The summed E-state index contributed by atoms with van der Waals surface area (Å²) < 4.78 is 0. The molecule has 1 atom stereocenters. The standard InChI is InChI=1S/C20H24N2O2/c1-3-15(2)19(23)21-11-13-22(14-12-21)20(24)18-10-6-8-16-7-4-5-9-17(16)18/h4-10,15H,3,11-14H2,1-2H3/t15-/m1/s1. The van der Waals surface area contributed by atoms with Gasteiger partial charge in [0.2, 0.25) is 5.91 Å². The summed E-state index contributed by atoms with van der Waals surface area (Å²) in [5.41, 5.74) is 0.745. The van der Waals surface area contributed by atoms with E-state index < -0.39 is 0 Å². The molecule has 0 saturated carbocycles. The Morgan fingerprint density at radius 3 is 2.29 bits per heavy atom. The summed E-state index contributed by atoms with van der Waals surface area (Å²) in [6.07, 6.45) is 0.855. The van der Waals surface area contributed by atoms with Gasteiger partial charge < -0.3 is 9.80 Å². The van der Waals surface area contributed by atoms with E-state index in [1.54, 1.807) is 0 Å². The van der Waals surface area contributed by atoms with Gasteiger partial charge in [-0.2, -0.15) is 0 Å². The van der Waals surface area contributed by atoms with Crippen molar-refractivity contribution in [1.29, 1.82) is 0 Å². The zero-order valence-corrected chi connectivity index (χ0v) is 14.4. The number of fused-ring (bicyclic) bond motifs is 1. The van der Waals surface area contributed by atoms with Crippen molar-refractivity contribution in [3.63, 3.8) is 0 Å². The van der Waals surface area contributed by atoms with Crippen molar-refractivity contribution in [2.75, 3.05) is 26.2 Å². The van der Waals surface area contributed by atoms with Gasteiger partial charge in [0.25, 0.3) is 5.91 Å². The quantitative estimate of drug-likeness (QED) is 0.870. The highest BCUT2D eigenvalue weighted by molar-refractivity contribution is 6.07. The lowest BCUT2D eigenvalue weighted by molar-refractivity contribution is -0.136. The highest BCUT2D eigenvalue weighted by Gasteiger charge is 2.27. The fourth-order valence-corrected chi connectivity index (χ4v) is 3.20. The van der Waals surface area contributed by atoms with Crippen molar-refractivity contribution in [3.05, 3.63) is 48.0 Å². The highest BCUT2D eigenvalue weighted by atomic mass is 16.2. The fraction of sp³-hybridized carbons (Fsp3) is 0.400. The van der Waals surface area contributed by atoms with Crippen molar-refractivity contribution < 1.29 is 9.59 Å². The fourth-order valence-electron chi connectivity index (χ4n) is 3.20. The molecule has 3 rings (SSSR count). The molecule has 0 spiro atoms. The molecule has 1 heterocycles. The molecule has 0 radical (unpaired) electrons. The molecule has 2 aromatic carbocycles. The van der Waals surface area contributed by atoms with Gasteiger partial charge >= 0.3 is 0 Å². The summed E-state index contributed by atoms with van der Waals surface area (Å²) in [6, 6.07) is 13.8. The van der Waals surface area contributed by atoms with Gasteiger partial charge in [-0.05, 0) is 23.3 Å². The first kappa shape index (κ1) is 16.5. The van der Waals surface area contributed by atoms with Gasteiger partial charge in [-0.25, -0.2) is 0 Å². The maximum absolute atomic E-state index is 12.9. The van der Waals surface area contributed by atoms with E-state index in [2.05, 4.69) is 0 Å². The molecule has 4 heteroatoms. The van der Waals surface area contributed by atoms with Gasteiger partial charge in [-0.3, -0.25) is 9.59 Å². The molecule has 24 heavy (non-hydrogen) atoms. The third-order valence-corrected chi connectivity index (χ3v) is 4.93. The van der Waals surface area contributed by atoms with E-state index in [4.69, 9.17) is 0 Å². The number of carbonyl (C=O) groups excluding carboxylic acids is 2. The SMILES string of the molecule is CC[C@@H](C)C(=O)N1CCN(C(=O)c2cccc3ccccc23)CC1. The number of carbonyl (C=O) groups is 2. The summed E-state index contributed by atoms with van der Waals surface area (Å²) in [5, 5.41) is 2.07. The number of hydrogen-bond donors (Lipinski definition) is 0. The largest absolute Gasteiger partial charge is 0.339 e. The van der Waals surface area contributed by atoms with Crippen LogP contribution in [0.15, 0.2) is 42.5 Å². The number of hydrogen-bond acceptors (Lipinski definition) is 2. The van der Waals surface area contributed by atoms with Crippen molar-refractivity contribution in [3.8, 4) is 0 Å². The molecule has 1 fully saturated rings. The zero-order chi connectivity index (χ0) is 17.1. The monoisotopic (exact) mass is 324 g/mol. The molecule has 2 aromatic rings. The molecule has 0 aromatic heterocycles. The second-order valence-corrected chi connectivity index (χ2v) is 6.45. The molecule has 1 aliphatic rings. The van der Waals surface area contributed by atoms with Crippen LogP contribution in [0.25, 0.3) is 10.8 Å². The predicted octanol–water partition coefficient (Wildman–Crippen LogP) is 3.17. The summed E-state index contributed by atoms with van der Waals surface area (Å²) in [6.45, 7) is 6.45. The third kappa shape index (κ3) is 3.14. The van der Waals surface area contributed by atoms with Crippen molar-refractivity contribution in [2.45, 2.75) is 20.3 Å². The molecule has 1 saturated heterocycles. The molecule has 0 unspecified atom stereocenters. The highest BCUT2D eigenvalue weighted by Crippen LogP contribution is 2.21. The van der Waals surface area contributed by atoms with Crippen LogP contribution in [-0.4, -0.2) is 47.8 Å². The molecule has 126 valence electrons. The van der Waals surface area contributed by atoms with Gasteiger partial charge in [-0.15, -0.1) is 0 Å². The van der Waals surface area contributed by atoms with Crippen LogP contribution in [0.3, 0.4) is 0 Å². The zero-order valence-electron chi connectivity index (χ0n) is 14.4. The summed E-state index contributed by atoms with van der Waals surface area (Å²) in [5.74, 6) is 0.322. The van der Waals surface area contributed by atoms with Gasteiger partial charge in [0, 0.05) is 37.7 Å². The van der Waals surface area contributed by atoms with Gasteiger partial charge in [0.15, 0.2) is 0 Å². The Labute approximate surface area is 143 Å². The summed E-state index contributed by atoms with van der Waals surface area (Å²) in [7, 11) is 0. The third-order valence-electron chi connectivity index (χ3n) is 4.93. The van der Waals surface area contributed by atoms with Crippen molar-refractivity contribution >= 4 is 22.6 Å². The first-order chi connectivity index (χ1) is 11.6. The minimum atomic E-state index is 0.0578. The van der Waals surface area contributed by atoms with E-state index in [9.17, 15) is 9.59 Å². The molecule has 0 N–H and O–H groups in total. The summed E-state index contributed by atoms with van der Waals surface area (Å²) in [4.78, 5) is 28.9. The molecule has 0 bridgehead atoms. The topological polar surface area (TPSA) is 40.6 Å². The summed E-state index contributed by atoms with van der Waals surface area (Å²) >= 11 is 0. The molecular weight excluding hydrogens is 300 g/mol. The van der Waals surface area contributed by atoms with Gasteiger partial charge in [0.1, 0.15) is 0 Å². The van der Waals surface area contributed by atoms with Crippen LogP contribution in [0.1, 0.15) is 30.6 Å². The lowest BCUT2D eigenvalue weighted by atomic mass is 10.0. The van der Waals surface area contributed by atoms with E-state index >= 15 is 0 Å². The van der Waals surface area contributed by atoms with Crippen LogP contribution in [0.4, 0.5) is 0 Å². The van der Waals surface area contributed by atoms with Crippen molar-refractivity contribution in [2.24, 2.45) is 5.92 Å². The van der Waals surface area contributed by atoms with Gasteiger partial charge in [-0.1, -0.05) is 50.2 Å². The number of amides is 2. The average molecular weight is 324 g/mol. The number of benzene rings is 2. The molecule has 4 nitrogen and oxygen atoms in total. The Bertz CT molecular complexity index is 743. The normalized spacial score (nSPS) is 16.2. The second-order valence-electron chi connectivity index (χ2n) is 6.45. The number of piperazine rings is 1. The Morgan fingerprint density at radius 1 is 0.958 bits per heavy atom. The average Bonchev–Trinajstić information content (AvgIpc) is 2.66. The van der Waals surface area contributed by atoms with E-state index in [0.29, 0.717) is 26.2 Å². The number of nitrogens with zero attached hydrogens (tertiary/aromatic N) is 2. The van der Waals surface area contributed by atoms with E-state index in [1.165, 1.54) is 0 Å². The minimum Gasteiger partial charge on any atom is -0.339 e. The van der Waals surface area contributed by atoms with Crippen LogP contribution in [0, 0.1) is 5.92 Å². The Hall–Kier alpha value is -2.36. The van der Waals surface area contributed by atoms with Crippen LogP contribution in [0.2, 0.25) is 0 Å².